The number of esters is 1. The summed E-state index contributed by atoms with van der Waals surface area (Å²) in [6, 6.07) is 0. The molecule has 1 rings (SSSR count). The number of thiazole rings is 1. The Hall–Kier alpha value is -1.54. The van der Waals surface area contributed by atoms with Gasteiger partial charge in [0.1, 0.15) is 11.3 Å². The molecule has 0 fully saturated rings. The molecule has 80 valence electrons. The minimum Gasteiger partial charge on any atom is -0.465 e. The summed E-state index contributed by atoms with van der Waals surface area (Å²) < 4.78 is 4.74. The van der Waals surface area contributed by atoms with Gasteiger partial charge >= 0.3 is 5.97 Å². The van der Waals surface area contributed by atoms with Crippen LogP contribution in [0.2, 0.25) is 0 Å². The van der Waals surface area contributed by atoms with Crippen molar-refractivity contribution in [2.45, 2.75) is 20.3 Å². The molecule has 0 unspecified atom stereocenters. The largest absolute Gasteiger partial charge is 0.465 e. The molecule has 0 aromatic carbocycles. The highest BCUT2D eigenvalue weighted by Gasteiger charge is 2.01. The van der Waals surface area contributed by atoms with Gasteiger partial charge in [-0.3, -0.25) is 4.79 Å². The number of hydrogen-bond donors (Lipinski definition) is 1. The first-order valence-electron chi connectivity index (χ1n) is 4.51. The zero-order valence-corrected chi connectivity index (χ0v) is 9.48. The molecule has 0 bridgehead atoms. The average molecular weight is 224 g/mol. The maximum atomic E-state index is 11.0. The molecule has 0 spiro atoms. The highest BCUT2D eigenvalue weighted by Crippen LogP contribution is 2.17. The Morgan fingerprint density at radius 1 is 1.67 bits per heavy atom. The Kier molecular flexibility index (Phi) is 4.13. The third kappa shape index (κ3) is 3.60. The molecule has 0 aliphatic rings. The Morgan fingerprint density at radius 2 is 2.40 bits per heavy atom. The normalized spacial score (nSPS) is 9.20. The van der Waals surface area contributed by atoms with E-state index >= 15 is 0 Å². The molecule has 0 atom stereocenters. The van der Waals surface area contributed by atoms with Crippen molar-refractivity contribution in [2.24, 2.45) is 0 Å². The molecule has 4 nitrogen and oxygen atoms in total. The maximum absolute atomic E-state index is 11.0. The van der Waals surface area contributed by atoms with Gasteiger partial charge in [0.25, 0.3) is 0 Å². The van der Waals surface area contributed by atoms with Crippen LogP contribution in [-0.2, 0) is 9.53 Å². The molecule has 1 aromatic rings. The topological polar surface area (TPSA) is 65.2 Å². The fourth-order valence-corrected chi connectivity index (χ4v) is 1.65. The number of ether oxygens (including phenoxy) is 1. The van der Waals surface area contributed by atoms with Crippen molar-refractivity contribution in [1.82, 2.24) is 4.98 Å². The van der Waals surface area contributed by atoms with Crippen molar-refractivity contribution >= 4 is 22.4 Å². The van der Waals surface area contributed by atoms with Crippen LogP contribution in [0.1, 0.15) is 23.9 Å². The summed E-state index contributed by atoms with van der Waals surface area (Å²) in [6.45, 7) is 3.98. The monoisotopic (exact) mass is 224 g/mol. The number of aromatic nitrogens is 1. The smallest absolute Gasteiger partial charge is 0.317 e. The van der Waals surface area contributed by atoms with Gasteiger partial charge < -0.3 is 10.5 Å². The number of rotatable bonds is 2. The minimum atomic E-state index is -0.305. The maximum Gasteiger partial charge on any atom is 0.317 e. The zero-order valence-electron chi connectivity index (χ0n) is 8.66. The lowest BCUT2D eigenvalue weighted by Gasteiger charge is -1.94. The van der Waals surface area contributed by atoms with E-state index in [1.54, 1.807) is 6.92 Å². The molecule has 2 N–H and O–H groups in total. The molecule has 1 heterocycles. The lowest BCUT2D eigenvalue weighted by Crippen LogP contribution is -2.01. The molecule has 5 heteroatoms. The molecule has 1 aromatic heterocycles. The molecular formula is C10H12N2O2S. The number of anilines is 1. The van der Waals surface area contributed by atoms with E-state index in [-0.39, 0.29) is 12.4 Å². The van der Waals surface area contributed by atoms with Crippen LogP contribution in [0.3, 0.4) is 0 Å². The van der Waals surface area contributed by atoms with Crippen molar-refractivity contribution in [3.63, 3.8) is 0 Å². The van der Waals surface area contributed by atoms with Gasteiger partial charge in [-0.1, -0.05) is 23.2 Å². The number of carbonyl (C=O) groups is 1. The molecular weight excluding hydrogens is 212 g/mol. The lowest BCUT2D eigenvalue weighted by atomic mass is 10.3. The molecule has 0 amide bonds. The highest BCUT2D eigenvalue weighted by molar-refractivity contribution is 7.16. The summed E-state index contributed by atoms with van der Waals surface area (Å²) >= 11 is 1.32. The molecule has 0 aliphatic heterocycles. The van der Waals surface area contributed by atoms with E-state index in [9.17, 15) is 4.79 Å². The Bertz CT molecular complexity index is 415. The summed E-state index contributed by atoms with van der Waals surface area (Å²) in [6.07, 6.45) is 0.102. The fraction of sp³-hybridized carbons (Fsp3) is 0.400. The van der Waals surface area contributed by atoms with E-state index in [2.05, 4.69) is 16.8 Å². The van der Waals surface area contributed by atoms with Crippen LogP contribution in [0.5, 0.6) is 0 Å². The van der Waals surface area contributed by atoms with Crippen LogP contribution in [0.15, 0.2) is 0 Å². The van der Waals surface area contributed by atoms with Crippen LogP contribution >= 0.6 is 11.3 Å². The first kappa shape index (κ1) is 11.5. The Balaban J connectivity index is 2.58. The molecule has 0 aliphatic carbocycles. The molecule has 0 saturated heterocycles. The van der Waals surface area contributed by atoms with Crippen molar-refractivity contribution in [2.75, 3.05) is 12.3 Å². The van der Waals surface area contributed by atoms with E-state index in [1.165, 1.54) is 11.3 Å². The molecule has 0 radical (unpaired) electrons. The van der Waals surface area contributed by atoms with Gasteiger partial charge in [0, 0.05) is 0 Å². The highest BCUT2D eigenvalue weighted by atomic mass is 32.1. The fourth-order valence-electron chi connectivity index (χ4n) is 0.942. The number of nitrogens with zero attached hydrogens (tertiary/aromatic N) is 1. The quantitative estimate of drug-likeness (QED) is 0.608. The lowest BCUT2D eigenvalue weighted by molar-refractivity contribution is -0.141. The Morgan fingerprint density at radius 3 is 2.93 bits per heavy atom. The van der Waals surface area contributed by atoms with Gasteiger partial charge in [-0.05, 0) is 13.8 Å². The molecule has 0 saturated carbocycles. The standard InChI is InChI=1S/C10H12N2O2S/c1-3-14-9(13)6-4-5-8-7(2)12-10(11)15-8/h3,6H2,1-2H3,(H2,11,12). The van der Waals surface area contributed by atoms with E-state index < -0.39 is 0 Å². The summed E-state index contributed by atoms with van der Waals surface area (Å²) in [5.41, 5.74) is 6.31. The second-order valence-corrected chi connectivity index (χ2v) is 3.78. The SMILES string of the molecule is CCOC(=O)CC#Cc1sc(N)nc1C. The van der Waals surface area contributed by atoms with E-state index in [0.29, 0.717) is 11.7 Å². The van der Waals surface area contributed by atoms with Crippen molar-refractivity contribution in [3.05, 3.63) is 10.6 Å². The van der Waals surface area contributed by atoms with Gasteiger partial charge in [-0.2, -0.15) is 0 Å². The van der Waals surface area contributed by atoms with Crippen LogP contribution in [0.25, 0.3) is 0 Å². The van der Waals surface area contributed by atoms with Crippen molar-refractivity contribution < 1.29 is 9.53 Å². The number of hydrogen-bond acceptors (Lipinski definition) is 5. The summed E-state index contributed by atoms with van der Waals surface area (Å²) in [5.74, 6) is 5.27. The summed E-state index contributed by atoms with van der Waals surface area (Å²) in [7, 11) is 0. The first-order chi connectivity index (χ1) is 7.13. The van der Waals surface area contributed by atoms with Crippen molar-refractivity contribution in [3.8, 4) is 11.8 Å². The van der Waals surface area contributed by atoms with Gasteiger partial charge in [0.2, 0.25) is 0 Å². The predicted octanol–water partition coefficient (Wildman–Crippen LogP) is 1.34. The number of aryl methyl sites for hydroxylation is 1. The minimum absolute atomic E-state index is 0.102. The summed E-state index contributed by atoms with van der Waals surface area (Å²) in [4.78, 5) is 15.8. The van der Waals surface area contributed by atoms with E-state index in [1.807, 2.05) is 6.92 Å². The second-order valence-electron chi connectivity index (χ2n) is 2.75. The van der Waals surface area contributed by atoms with Gasteiger partial charge in [0.15, 0.2) is 5.13 Å². The third-order valence-electron chi connectivity index (χ3n) is 1.55. The third-order valence-corrected chi connectivity index (χ3v) is 2.46. The van der Waals surface area contributed by atoms with Gasteiger partial charge in [0.05, 0.1) is 12.3 Å². The first-order valence-corrected chi connectivity index (χ1v) is 5.32. The number of carbonyl (C=O) groups excluding carboxylic acids is 1. The van der Waals surface area contributed by atoms with Gasteiger partial charge in [-0.25, -0.2) is 4.98 Å². The predicted molar refractivity (Wildman–Crippen MR) is 59.4 cm³/mol. The van der Waals surface area contributed by atoms with Crippen LogP contribution < -0.4 is 5.73 Å². The Labute approximate surface area is 92.5 Å². The molecule has 15 heavy (non-hydrogen) atoms. The zero-order chi connectivity index (χ0) is 11.3. The average Bonchev–Trinajstić information content (AvgIpc) is 2.46. The van der Waals surface area contributed by atoms with E-state index in [0.717, 1.165) is 10.6 Å². The summed E-state index contributed by atoms with van der Waals surface area (Å²) in [5, 5.41) is 0.493. The second kappa shape index (κ2) is 5.37. The van der Waals surface area contributed by atoms with E-state index in [4.69, 9.17) is 10.5 Å². The van der Waals surface area contributed by atoms with Crippen molar-refractivity contribution in [1.29, 1.82) is 0 Å². The number of nitrogen functional groups attached to an aromatic ring is 1. The van der Waals surface area contributed by atoms with Crippen LogP contribution in [0.4, 0.5) is 5.13 Å². The number of nitrogens with two attached hydrogens (primary N) is 1. The van der Waals surface area contributed by atoms with Gasteiger partial charge in [-0.15, -0.1) is 0 Å². The van der Waals surface area contributed by atoms with Crippen LogP contribution in [0, 0.1) is 18.8 Å². The van der Waals surface area contributed by atoms with Crippen LogP contribution in [-0.4, -0.2) is 17.6 Å².